The van der Waals surface area contributed by atoms with E-state index in [1.54, 1.807) is 4.90 Å². The van der Waals surface area contributed by atoms with Gasteiger partial charge in [0.1, 0.15) is 6.10 Å². The maximum Gasteiger partial charge on any atom is 0.222 e. The van der Waals surface area contributed by atoms with Crippen molar-refractivity contribution in [2.45, 2.75) is 70.3 Å². The number of amides is 2. The second-order valence-corrected chi connectivity index (χ2v) is 6.59. The topological polar surface area (TPSA) is 88.1 Å². The molecule has 0 aromatic rings. The monoisotopic (exact) mass is 342 g/mol. The molecule has 2 aliphatic rings. The number of nitrogens with one attached hydrogen (secondary N) is 1. The number of hydrogen-bond acceptors (Lipinski definition) is 5. The minimum Gasteiger partial charge on any atom is -0.389 e. The van der Waals surface area contributed by atoms with Gasteiger partial charge >= 0.3 is 0 Å². The molecule has 0 aromatic carbocycles. The molecule has 0 aliphatic carbocycles. The highest BCUT2D eigenvalue weighted by atomic mass is 16.5. The largest absolute Gasteiger partial charge is 0.389 e. The Morgan fingerprint density at radius 1 is 1.25 bits per heavy atom. The zero-order valence-corrected chi connectivity index (χ0v) is 14.7. The number of aliphatic hydroxyl groups excluding tert-OH is 1. The Bertz CT molecular complexity index is 431. The molecule has 138 valence electrons. The molecule has 2 N–H and O–H groups in total. The molecule has 0 saturated carbocycles. The maximum atomic E-state index is 12.3. The van der Waals surface area contributed by atoms with Crippen molar-refractivity contribution in [3.05, 3.63) is 0 Å². The van der Waals surface area contributed by atoms with Gasteiger partial charge in [0.15, 0.2) is 0 Å². The van der Waals surface area contributed by atoms with Gasteiger partial charge in [-0.3, -0.25) is 9.59 Å². The van der Waals surface area contributed by atoms with Crippen LogP contribution in [0.3, 0.4) is 0 Å². The van der Waals surface area contributed by atoms with E-state index in [1.165, 1.54) is 0 Å². The lowest BCUT2D eigenvalue weighted by Gasteiger charge is -2.44. The van der Waals surface area contributed by atoms with Gasteiger partial charge in [0, 0.05) is 19.5 Å². The van der Waals surface area contributed by atoms with E-state index in [4.69, 9.17) is 9.47 Å². The van der Waals surface area contributed by atoms with Crippen LogP contribution in [0.25, 0.3) is 0 Å². The van der Waals surface area contributed by atoms with Gasteiger partial charge in [-0.25, -0.2) is 0 Å². The first kappa shape index (κ1) is 19.1. The van der Waals surface area contributed by atoms with E-state index in [-0.39, 0.29) is 43.2 Å². The van der Waals surface area contributed by atoms with Crippen LogP contribution in [-0.2, 0) is 19.1 Å². The van der Waals surface area contributed by atoms with Crippen LogP contribution >= 0.6 is 0 Å². The number of ether oxygens (including phenoxy) is 2. The Labute approximate surface area is 143 Å². The Kier molecular flexibility index (Phi) is 7.45. The first-order valence-corrected chi connectivity index (χ1v) is 9.02. The van der Waals surface area contributed by atoms with Crippen molar-refractivity contribution in [2.24, 2.45) is 0 Å². The summed E-state index contributed by atoms with van der Waals surface area (Å²) in [4.78, 5) is 25.9. The zero-order chi connectivity index (χ0) is 17.5. The Morgan fingerprint density at radius 2 is 2.04 bits per heavy atom. The maximum absolute atomic E-state index is 12.3. The van der Waals surface area contributed by atoms with Crippen LogP contribution in [0.5, 0.6) is 0 Å². The lowest BCUT2D eigenvalue weighted by atomic mass is 9.94. The molecule has 4 atom stereocenters. The van der Waals surface area contributed by atoms with E-state index >= 15 is 0 Å². The molecule has 2 amide bonds. The molecule has 2 rings (SSSR count). The first-order valence-electron chi connectivity index (χ1n) is 9.02. The molecule has 0 aromatic heterocycles. The number of carbonyl (C=O) groups is 2. The molecule has 0 bridgehead atoms. The fraction of sp³-hybridized carbons (Fsp3) is 0.882. The average Bonchev–Trinajstić information content (AvgIpc) is 2.56. The van der Waals surface area contributed by atoms with Gasteiger partial charge in [-0.05, 0) is 19.3 Å². The second-order valence-electron chi connectivity index (χ2n) is 6.59. The van der Waals surface area contributed by atoms with E-state index in [9.17, 15) is 14.7 Å². The third kappa shape index (κ3) is 5.16. The number of carbonyl (C=O) groups excluding carboxylic acids is 2. The fourth-order valence-corrected chi connectivity index (χ4v) is 3.37. The summed E-state index contributed by atoms with van der Waals surface area (Å²) in [5.41, 5.74) is 0. The molecular formula is C17H30N2O5. The summed E-state index contributed by atoms with van der Waals surface area (Å²) < 4.78 is 11.6. The predicted octanol–water partition coefficient (Wildman–Crippen LogP) is 0.449. The Morgan fingerprint density at radius 3 is 2.75 bits per heavy atom. The van der Waals surface area contributed by atoms with Gasteiger partial charge in [0.05, 0.1) is 37.9 Å². The fourth-order valence-electron chi connectivity index (χ4n) is 3.37. The van der Waals surface area contributed by atoms with Gasteiger partial charge < -0.3 is 24.8 Å². The van der Waals surface area contributed by atoms with Crippen LogP contribution in [-0.4, -0.2) is 72.5 Å². The lowest BCUT2D eigenvalue weighted by Crippen LogP contribution is -2.57. The van der Waals surface area contributed by atoms with E-state index in [0.717, 1.165) is 19.3 Å². The molecule has 2 heterocycles. The van der Waals surface area contributed by atoms with Crippen LogP contribution < -0.4 is 5.32 Å². The predicted molar refractivity (Wildman–Crippen MR) is 88.4 cm³/mol. The van der Waals surface area contributed by atoms with Crippen LogP contribution in [0.2, 0.25) is 0 Å². The van der Waals surface area contributed by atoms with E-state index in [1.807, 2.05) is 13.8 Å². The van der Waals surface area contributed by atoms with Gasteiger partial charge in [-0.15, -0.1) is 0 Å². The smallest absolute Gasteiger partial charge is 0.222 e. The molecule has 2 saturated heterocycles. The molecule has 7 heteroatoms. The molecule has 0 spiro atoms. The number of nitrogens with zero attached hydrogens (tertiary/aromatic N) is 1. The van der Waals surface area contributed by atoms with Crippen molar-refractivity contribution >= 4 is 11.8 Å². The summed E-state index contributed by atoms with van der Waals surface area (Å²) in [7, 11) is 0. The van der Waals surface area contributed by atoms with Gasteiger partial charge in [-0.2, -0.15) is 0 Å². The molecule has 0 unspecified atom stereocenters. The highest BCUT2D eigenvalue weighted by Crippen LogP contribution is 2.28. The van der Waals surface area contributed by atoms with Crippen molar-refractivity contribution < 1.29 is 24.2 Å². The summed E-state index contributed by atoms with van der Waals surface area (Å²) in [5.74, 6) is 0.0256. The van der Waals surface area contributed by atoms with Gasteiger partial charge in [-0.1, -0.05) is 13.8 Å². The van der Waals surface area contributed by atoms with E-state index in [0.29, 0.717) is 26.0 Å². The van der Waals surface area contributed by atoms with E-state index < -0.39 is 6.10 Å². The minimum absolute atomic E-state index is 0.00368. The standard InChI is InChI=1S/C17H30N2O5/c1-3-7-18-16(21)8-13-5-6-14-15(24-13)11-23-10-12(20)9-19(14)17(22)4-2/h12-15,20H,3-11H2,1-2H3,(H,18,21)/t12-,13-,14-,15+/m0/s1. The molecule has 7 nitrogen and oxygen atoms in total. The molecule has 2 aliphatic heterocycles. The summed E-state index contributed by atoms with van der Waals surface area (Å²) in [5, 5.41) is 12.8. The molecule has 24 heavy (non-hydrogen) atoms. The normalized spacial score (nSPS) is 30.9. The summed E-state index contributed by atoms with van der Waals surface area (Å²) in [6, 6.07) is -0.0950. The van der Waals surface area contributed by atoms with Crippen molar-refractivity contribution in [2.75, 3.05) is 26.3 Å². The number of β-amino-alcohol motifs (C(OH)–C–C–N with tert-alkyl or cyclic N) is 1. The molecule has 2 fully saturated rings. The molecular weight excluding hydrogens is 312 g/mol. The van der Waals surface area contributed by atoms with Crippen molar-refractivity contribution in [1.82, 2.24) is 10.2 Å². The molecule has 0 radical (unpaired) electrons. The minimum atomic E-state index is -0.668. The van der Waals surface area contributed by atoms with Crippen LogP contribution in [0.15, 0.2) is 0 Å². The van der Waals surface area contributed by atoms with Crippen molar-refractivity contribution in [1.29, 1.82) is 0 Å². The van der Waals surface area contributed by atoms with Crippen LogP contribution in [0.1, 0.15) is 46.0 Å². The quantitative estimate of drug-likeness (QED) is 0.757. The Hall–Kier alpha value is -1.18. The second kappa shape index (κ2) is 9.34. The SMILES string of the molecule is CCCNC(=O)C[C@@H]1CC[C@H]2[C@@H](COC[C@@H](O)CN2C(=O)CC)O1. The summed E-state index contributed by atoms with van der Waals surface area (Å²) in [6.07, 6.45) is 2.08. The average molecular weight is 342 g/mol. The van der Waals surface area contributed by atoms with Gasteiger partial charge in [0.2, 0.25) is 11.8 Å². The highest BCUT2D eigenvalue weighted by Gasteiger charge is 2.39. The summed E-state index contributed by atoms with van der Waals surface area (Å²) in [6.45, 7) is 5.32. The highest BCUT2D eigenvalue weighted by molar-refractivity contribution is 5.77. The van der Waals surface area contributed by atoms with Gasteiger partial charge in [0.25, 0.3) is 0 Å². The van der Waals surface area contributed by atoms with Crippen molar-refractivity contribution in [3.63, 3.8) is 0 Å². The Balaban J connectivity index is 1.98. The van der Waals surface area contributed by atoms with Crippen molar-refractivity contribution in [3.8, 4) is 0 Å². The lowest BCUT2D eigenvalue weighted by molar-refractivity contribution is -0.169. The number of aliphatic hydroxyl groups is 1. The van der Waals surface area contributed by atoms with E-state index in [2.05, 4.69) is 5.32 Å². The van der Waals surface area contributed by atoms with Crippen LogP contribution in [0, 0.1) is 0 Å². The number of fused-ring (bicyclic) bond motifs is 1. The third-order valence-electron chi connectivity index (χ3n) is 4.59. The zero-order valence-electron chi connectivity index (χ0n) is 14.7. The number of hydrogen-bond donors (Lipinski definition) is 2. The third-order valence-corrected chi connectivity index (χ3v) is 4.59. The van der Waals surface area contributed by atoms with Crippen LogP contribution in [0.4, 0.5) is 0 Å². The number of rotatable bonds is 5. The summed E-state index contributed by atoms with van der Waals surface area (Å²) >= 11 is 0. The first-order chi connectivity index (χ1) is 11.5.